The number of aromatic nitrogens is 1. The number of esters is 1. The largest absolute Gasteiger partial charge is 0.467 e. The number of hydrogen-bond donors (Lipinski definition) is 2. The van der Waals surface area contributed by atoms with E-state index in [4.69, 9.17) is 4.74 Å². The van der Waals surface area contributed by atoms with Crippen molar-refractivity contribution in [1.29, 1.82) is 0 Å². The molecular weight excluding hydrogens is 348 g/mol. The molecule has 1 amide bonds. The monoisotopic (exact) mass is 374 g/mol. The lowest BCUT2D eigenvalue weighted by Gasteiger charge is -2.18. The molecule has 5 nitrogen and oxygen atoms in total. The molecule has 6 heteroatoms. The molecule has 3 rings (SSSR count). The Morgan fingerprint density at radius 2 is 2.23 bits per heavy atom. The number of amides is 1. The van der Waals surface area contributed by atoms with Crippen molar-refractivity contribution < 1.29 is 14.3 Å². The summed E-state index contributed by atoms with van der Waals surface area (Å²) in [6.45, 7) is 2.27. The van der Waals surface area contributed by atoms with E-state index >= 15 is 0 Å². The number of nitrogens with one attached hydrogen (secondary N) is 2. The molecule has 140 valence electrons. The number of rotatable bonds is 6. The SMILES string of the molecule is COC(=O)[C@@H](CCSC)NC(=O)c1ccc2[nH]c3c(c2c1)C[C@@H](C)CC3. The first-order valence-electron chi connectivity index (χ1n) is 9.04. The Kier molecular flexibility index (Phi) is 5.91. The van der Waals surface area contributed by atoms with Crippen molar-refractivity contribution in [1.82, 2.24) is 10.3 Å². The highest BCUT2D eigenvalue weighted by Crippen LogP contribution is 2.32. The van der Waals surface area contributed by atoms with Gasteiger partial charge in [-0.2, -0.15) is 11.8 Å². The second-order valence-electron chi connectivity index (χ2n) is 7.02. The fourth-order valence-electron chi connectivity index (χ4n) is 3.60. The van der Waals surface area contributed by atoms with E-state index in [1.807, 2.05) is 24.5 Å². The molecule has 1 aromatic carbocycles. The smallest absolute Gasteiger partial charge is 0.328 e. The van der Waals surface area contributed by atoms with Gasteiger partial charge in [-0.05, 0) is 67.4 Å². The molecule has 2 N–H and O–H groups in total. The van der Waals surface area contributed by atoms with Crippen molar-refractivity contribution in [2.75, 3.05) is 19.1 Å². The van der Waals surface area contributed by atoms with Crippen LogP contribution in [0.2, 0.25) is 0 Å². The normalized spacial score (nSPS) is 17.6. The van der Waals surface area contributed by atoms with Crippen LogP contribution in [-0.4, -0.2) is 42.0 Å². The van der Waals surface area contributed by atoms with Gasteiger partial charge < -0.3 is 15.0 Å². The number of carbonyl (C=O) groups is 2. The lowest BCUT2D eigenvalue weighted by Crippen LogP contribution is -2.41. The zero-order valence-corrected chi connectivity index (χ0v) is 16.4. The third kappa shape index (κ3) is 3.90. The molecule has 1 heterocycles. The van der Waals surface area contributed by atoms with Crippen LogP contribution in [-0.2, 0) is 22.4 Å². The van der Waals surface area contributed by atoms with Gasteiger partial charge in [-0.25, -0.2) is 4.79 Å². The van der Waals surface area contributed by atoms with E-state index in [0.717, 1.165) is 29.5 Å². The van der Waals surface area contributed by atoms with Gasteiger partial charge in [-0.15, -0.1) is 0 Å². The number of aromatic amines is 1. The highest BCUT2D eigenvalue weighted by molar-refractivity contribution is 7.98. The van der Waals surface area contributed by atoms with E-state index in [0.29, 0.717) is 17.9 Å². The van der Waals surface area contributed by atoms with Crippen molar-refractivity contribution >= 4 is 34.5 Å². The average Bonchev–Trinajstić information content (AvgIpc) is 3.01. The van der Waals surface area contributed by atoms with Crippen LogP contribution in [0.3, 0.4) is 0 Å². The summed E-state index contributed by atoms with van der Waals surface area (Å²) in [7, 11) is 1.35. The Morgan fingerprint density at radius 3 is 2.96 bits per heavy atom. The number of methoxy groups -OCH3 is 1. The second kappa shape index (κ2) is 8.16. The maximum Gasteiger partial charge on any atom is 0.328 e. The van der Waals surface area contributed by atoms with Gasteiger partial charge in [0, 0.05) is 22.2 Å². The summed E-state index contributed by atoms with van der Waals surface area (Å²) in [5, 5.41) is 3.95. The standard InChI is InChI=1S/C20H26N2O3S/c1-12-4-6-16-14(10-12)15-11-13(5-7-17(15)21-16)19(23)22-18(8-9-26-3)20(24)25-2/h5,7,11-12,18,21H,4,6,8-10H2,1-3H3,(H,22,23)/t12-,18+/m0/s1. The molecule has 1 aromatic heterocycles. The number of thioether (sulfide) groups is 1. The molecule has 0 unspecified atom stereocenters. The molecule has 0 saturated heterocycles. The Balaban J connectivity index is 1.83. The highest BCUT2D eigenvalue weighted by Gasteiger charge is 2.23. The minimum absolute atomic E-state index is 0.234. The fourth-order valence-corrected chi connectivity index (χ4v) is 4.07. The van der Waals surface area contributed by atoms with Crippen LogP contribution in [0.4, 0.5) is 0 Å². The van der Waals surface area contributed by atoms with Crippen LogP contribution in [0.15, 0.2) is 18.2 Å². The van der Waals surface area contributed by atoms with E-state index in [1.54, 1.807) is 11.8 Å². The number of ether oxygens (including phenoxy) is 1. The third-order valence-corrected chi connectivity index (χ3v) is 5.74. The minimum Gasteiger partial charge on any atom is -0.467 e. The first kappa shape index (κ1) is 18.8. The first-order chi connectivity index (χ1) is 12.5. The number of benzene rings is 1. The number of hydrogen-bond acceptors (Lipinski definition) is 4. The van der Waals surface area contributed by atoms with Crippen LogP contribution in [0.1, 0.15) is 41.4 Å². The van der Waals surface area contributed by atoms with Crippen LogP contribution in [0.5, 0.6) is 0 Å². The van der Waals surface area contributed by atoms with Crippen LogP contribution in [0, 0.1) is 5.92 Å². The summed E-state index contributed by atoms with van der Waals surface area (Å²) < 4.78 is 4.82. The van der Waals surface area contributed by atoms with Crippen LogP contribution in [0.25, 0.3) is 10.9 Å². The molecule has 1 aliphatic carbocycles. The number of fused-ring (bicyclic) bond motifs is 3. The molecule has 26 heavy (non-hydrogen) atoms. The molecule has 0 bridgehead atoms. The summed E-state index contributed by atoms with van der Waals surface area (Å²) >= 11 is 1.64. The zero-order valence-electron chi connectivity index (χ0n) is 15.6. The molecular formula is C20H26N2O3S. The van der Waals surface area contributed by atoms with Crippen molar-refractivity contribution in [3.05, 3.63) is 35.0 Å². The first-order valence-corrected chi connectivity index (χ1v) is 10.4. The van der Waals surface area contributed by atoms with Gasteiger partial charge in [-0.3, -0.25) is 4.79 Å². The highest BCUT2D eigenvalue weighted by atomic mass is 32.2. The molecule has 1 aliphatic rings. The summed E-state index contributed by atoms with van der Waals surface area (Å²) in [5.41, 5.74) is 4.28. The molecule has 2 atom stereocenters. The summed E-state index contributed by atoms with van der Waals surface area (Å²) in [6.07, 6.45) is 5.83. The second-order valence-corrected chi connectivity index (χ2v) is 8.01. The molecule has 2 aromatic rings. The average molecular weight is 375 g/mol. The van der Waals surface area contributed by atoms with Gasteiger partial charge in [0.25, 0.3) is 5.91 Å². The Bertz CT molecular complexity index is 815. The van der Waals surface area contributed by atoms with Crippen molar-refractivity contribution in [3.63, 3.8) is 0 Å². The number of H-pyrrole nitrogens is 1. The maximum atomic E-state index is 12.7. The van der Waals surface area contributed by atoms with Crippen molar-refractivity contribution in [2.24, 2.45) is 5.92 Å². The van der Waals surface area contributed by atoms with Gasteiger partial charge in [-0.1, -0.05) is 6.92 Å². The van der Waals surface area contributed by atoms with Gasteiger partial charge in [0.2, 0.25) is 0 Å². The quantitative estimate of drug-likeness (QED) is 0.761. The summed E-state index contributed by atoms with van der Waals surface area (Å²) in [4.78, 5) is 28.1. The van der Waals surface area contributed by atoms with E-state index < -0.39 is 12.0 Å². The predicted octanol–water partition coefficient (Wildman–Crippen LogP) is 3.32. The summed E-state index contributed by atoms with van der Waals surface area (Å²) in [5.74, 6) is 0.806. The van der Waals surface area contributed by atoms with Gasteiger partial charge in [0.15, 0.2) is 0 Å². The third-order valence-electron chi connectivity index (χ3n) is 5.10. The molecule has 0 saturated carbocycles. The Labute approximate surface area is 158 Å². The van der Waals surface area contributed by atoms with E-state index in [1.165, 1.54) is 24.8 Å². The molecule has 0 fully saturated rings. The predicted molar refractivity (Wildman–Crippen MR) is 106 cm³/mol. The summed E-state index contributed by atoms with van der Waals surface area (Å²) in [6, 6.07) is 5.10. The Hall–Kier alpha value is -1.95. The van der Waals surface area contributed by atoms with Crippen LogP contribution >= 0.6 is 11.8 Å². The lowest BCUT2D eigenvalue weighted by atomic mass is 9.87. The van der Waals surface area contributed by atoms with Gasteiger partial charge in [0.05, 0.1) is 7.11 Å². The van der Waals surface area contributed by atoms with E-state index in [-0.39, 0.29) is 5.91 Å². The number of carbonyl (C=O) groups excluding carboxylic acids is 2. The van der Waals surface area contributed by atoms with Gasteiger partial charge in [0.1, 0.15) is 6.04 Å². The topological polar surface area (TPSA) is 71.2 Å². The fraction of sp³-hybridized carbons (Fsp3) is 0.500. The van der Waals surface area contributed by atoms with E-state index in [9.17, 15) is 9.59 Å². The minimum atomic E-state index is -0.615. The Morgan fingerprint density at radius 1 is 1.42 bits per heavy atom. The van der Waals surface area contributed by atoms with E-state index in [2.05, 4.69) is 17.2 Å². The molecule has 0 spiro atoms. The lowest BCUT2D eigenvalue weighted by molar-refractivity contribution is -0.142. The van der Waals surface area contributed by atoms with Crippen molar-refractivity contribution in [3.8, 4) is 0 Å². The van der Waals surface area contributed by atoms with Gasteiger partial charge >= 0.3 is 5.97 Å². The molecule has 0 aliphatic heterocycles. The maximum absolute atomic E-state index is 12.7. The zero-order chi connectivity index (χ0) is 18.7. The van der Waals surface area contributed by atoms with Crippen molar-refractivity contribution in [2.45, 2.75) is 38.6 Å². The number of aryl methyl sites for hydroxylation is 1. The molecule has 0 radical (unpaired) electrons. The van der Waals surface area contributed by atoms with Crippen LogP contribution < -0.4 is 5.32 Å².